The van der Waals surface area contributed by atoms with Crippen LogP contribution in [-0.2, 0) is 11.2 Å². The molecule has 0 aliphatic rings. The number of nitrogens with zero attached hydrogens (tertiary/aromatic N) is 1. The zero-order chi connectivity index (χ0) is 16.5. The van der Waals surface area contributed by atoms with E-state index in [2.05, 4.69) is 5.32 Å². The molecule has 0 heterocycles. The van der Waals surface area contributed by atoms with E-state index in [0.717, 1.165) is 23.3 Å². The van der Waals surface area contributed by atoms with Crippen LogP contribution in [0, 0.1) is 11.3 Å². The number of hydrogen-bond acceptors (Lipinski definition) is 3. The average molecular weight is 306 g/mol. The van der Waals surface area contributed by atoms with E-state index in [4.69, 9.17) is 4.74 Å². The lowest BCUT2D eigenvalue weighted by Gasteiger charge is -2.05. The van der Waals surface area contributed by atoms with Crippen molar-refractivity contribution >= 4 is 12.0 Å². The highest BCUT2D eigenvalue weighted by atomic mass is 16.5. The van der Waals surface area contributed by atoms with Crippen molar-refractivity contribution in [3.05, 3.63) is 71.3 Å². The van der Waals surface area contributed by atoms with Crippen LogP contribution in [0.4, 0.5) is 0 Å². The average Bonchev–Trinajstić information content (AvgIpc) is 2.61. The van der Waals surface area contributed by atoms with E-state index in [1.165, 1.54) is 0 Å². The van der Waals surface area contributed by atoms with Crippen LogP contribution >= 0.6 is 0 Å². The minimum Gasteiger partial charge on any atom is -0.497 e. The first-order valence-electron chi connectivity index (χ1n) is 7.31. The first-order valence-corrected chi connectivity index (χ1v) is 7.31. The number of carbonyl (C=O) groups is 1. The Hall–Kier alpha value is -3.06. The maximum absolute atomic E-state index is 12.1. The monoisotopic (exact) mass is 306 g/mol. The SMILES string of the molecule is COc1ccc(/C=C(\C#N)C(=O)NCCc2ccccc2)cc1. The highest BCUT2D eigenvalue weighted by molar-refractivity contribution is 6.01. The Balaban J connectivity index is 1.95. The summed E-state index contributed by atoms with van der Waals surface area (Å²) in [6.45, 7) is 0.491. The summed E-state index contributed by atoms with van der Waals surface area (Å²) in [5.74, 6) is 0.368. The number of nitriles is 1. The summed E-state index contributed by atoms with van der Waals surface area (Å²) < 4.78 is 5.08. The number of nitrogens with one attached hydrogen (secondary N) is 1. The third-order valence-electron chi connectivity index (χ3n) is 3.33. The van der Waals surface area contributed by atoms with Gasteiger partial charge in [0.15, 0.2) is 0 Å². The Bertz CT molecular complexity index is 713. The minimum absolute atomic E-state index is 0.0863. The highest BCUT2D eigenvalue weighted by Gasteiger charge is 2.08. The first kappa shape index (κ1) is 16.3. The van der Waals surface area contributed by atoms with Crippen LogP contribution in [0.3, 0.4) is 0 Å². The Kier molecular flexibility index (Phi) is 5.96. The molecule has 0 bridgehead atoms. The number of rotatable bonds is 6. The predicted molar refractivity (Wildman–Crippen MR) is 89.7 cm³/mol. The molecule has 0 saturated heterocycles. The van der Waals surface area contributed by atoms with E-state index in [0.29, 0.717) is 6.54 Å². The van der Waals surface area contributed by atoms with Crippen LogP contribution < -0.4 is 10.1 Å². The summed E-state index contributed by atoms with van der Waals surface area (Å²) in [6.07, 6.45) is 2.30. The Labute approximate surface area is 136 Å². The summed E-state index contributed by atoms with van der Waals surface area (Å²) in [6, 6.07) is 19.0. The van der Waals surface area contributed by atoms with Gasteiger partial charge in [-0.15, -0.1) is 0 Å². The van der Waals surface area contributed by atoms with E-state index in [9.17, 15) is 10.1 Å². The van der Waals surface area contributed by atoms with Gasteiger partial charge in [-0.25, -0.2) is 0 Å². The molecule has 0 aromatic heterocycles. The molecule has 116 valence electrons. The molecule has 0 radical (unpaired) electrons. The molecule has 4 nitrogen and oxygen atoms in total. The van der Waals surface area contributed by atoms with Gasteiger partial charge in [-0.2, -0.15) is 5.26 Å². The molecule has 4 heteroatoms. The fourth-order valence-corrected chi connectivity index (χ4v) is 2.08. The molecule has 23 heavy (non-hydrogen) atoms. The summed E-state index contributed by atoms with van der Waals surface area (Å²) in [4.78, 5) is 12.1. The molecule has 0 fully saturated rings. The van der Waals surface area contributed by atoms with Crippen molar-refractivity contribution in [3.8, 4) is 11.8 Å². The fourth-order valence-electron chi connectivity index (χ4n) is 2.08. The quantitative estimate of drug-likeness (QED) is 0.659. The number of carbonyl (C=O) groups excluding carboxylic acids is 1. The van der Waals surface area contributed by atoms with Crippen LogP contribution in [-0.4, -0.2) is 19.6 Å². The van der Waals surface area contributed by atoms with Gasteiger partial charge in [-0.1, -0.05) is 42.5 Å². The van der Waals surface area contributed by atoms with Gasteiger partial charge in [0.05, 0.1) is 7.11 Å². The van der Waals surface area contributed by atoms with Crippen LogP contribution in [0.5, 0.6) is 5.75 Å². The lowest BCUT2D eigenvalue weighted by molar-refractivity contribution is -0.117. The number of ether oxygens (including phenoxy) is 1. The van der Waals surface area contributed by atoms with Crippen molar-refractivity contribution in [2.45, 2.75) is 6.42 Å². The number of amides is 1. The van der Waals surface area contributed by atoms with Crippen molar-refractivity contribution in [2.24, 2.45) is 0 Å². The van der Waals surface area contributed by atoms with E-state index in [1.807, 2.05) is 36.4 Å². The van der Waals surface area contributed by atoms with E-state index < -0.39 is 0 Å². The van der Waals surface area contributed by atoms with E-state index in [-0.39, 0.29) is 11.5 Å². The minimum atomic E-state index is -0.362. The van der Waals surface area contributed by atoms with Gasteiger partial charge in [0, 0.05) is 6.54 Å². The van der Waals surface area contributed by atoms with Crippen molar-refractivity contribution in [3.63, 3.8) is 0 Å². The molecular weight excluding hydrogens is 288 g/mol. The van der Waals surface area contributed by atoms with Gasteiger partial charge in [0.25, 0.3) is 5.91 Å². The molecule has 0 spiro atoms. The molecular formula is C19H18N2O2. The zero-order valence-electron chi connectivity index (χ0n) is 13.0. The van der Waals surface area contributed by atoms with Gasteiger partial charge in [-0.05, 0) is 35.8 Å². The molecule has 0 atom stereocenters. The summed E-state index contributed by atoms with van der Waals surface area (Å²) in [5, 5.41) is 11.9. The molecule has 0 saturated carbocycles. The van der Waals surface area contributed by atoms with Gasteiger partial charge >= 0.3 is 0 Å². The number of hydrogen-bond donors (Lipinski definition) is 1. The Morgan fingerprint density at radius 2 is 1.87 bits per heavy atom. The van der Waals surface area contributed by atoms with Crippen molar-refractivity contribution in [2.75, 3.05) is 13.7 Å². The largest absolute Gasteiger partial charge is 0.497 e. The van der Waals surface area contributed by atoms with Gasteiger partial charge < -0.3 is 10.1 Å². The molecule has 1 amide bonds. The number of benzene rings is 2. The lowest BCUT2D eigenvalue weighted by Crippen LogP contribution is -2.26. The lowest BCUT2D eigenvalue weighted by atomic mass is 10.1. The second-order valence-electron chi connectivity index (χ2n) is 4.93. The first-order chi connectivity index (χ1) is 11.2. The van der Waals surface area contributed by atoms with Crippen molar-refractivity contribution < 1.29 is 9.53 Å². The van der Waals surface area contributed by atoms with Crippen molar-refractivity contribution in [1.29, 1.82) is 5.26 Å². The van der Waals surface area contributed by atoms with Crippen molar-refractivity contribution in [1.82, 2.24) is 5.32 Å². The van der Waals surface area contributed by atoms with E-state index >= 15 is 0 Å². The van der Waals surface area contributed by atoms with Gasteiger partial charge in [0.2, 0.25) is 0 Å². The smallest absolute Gasteiger partial charge is 0.261 e. The van der Waals surface area contributed by atoms with Crippen LogP contribution in [0.2, 0.25) is 0 Å². The maximum Gasteiger partial charge on any atom is 0.261 e. The number of methoxy groups -OCH3 is 1. The summed E-state index contributed by atoms with van der Waals surface area (Å²) >= 11 is 0. The highest BCUT2D eigenvalue weighted by Crippen LogP contribution is 2.14. The third kappa shape index (κ3) is 5.01. The zero-order valence-corrected chi connectivity index (χ0v) is 13.0. The third-order valence-corrected chi connectivity index (χ3v) is 3.33. The topological polar surface area (TPSA) is 62.1 Å². The molecule has 0 aliphatic heterocycles. The van der Waals surface area contributed by atoms with Gasteiger partial charge in [-0.3, -0.25) is 4.79 Å². The summed E-state index contributed by atoms with van der Waals surface area (Å²) in [7, 11) is 1.59. The molecule has 0 aliphatic carbocycles. The van der Waals surface area contributed by atoms with Gasteiger partial charge in [0.1, 0.15) is 17.4 Å². The Morgan fingerprint density at radius 1 is 1.17 bits per heavy atom. The van der Waals surface area contributed by atoms with E-state index in [1.54, 1.807) is 37.5 Å². The molecule has 2 aromatic carbocycles. The van der Waals surface area contributed by atoms with Crippen LogP contribution in [0.25, 0.3) is 6.08 Å². The second-order valence-corrected chi connectivity index (χ2v) is 4.93. The maximum atomic E-state index is 12.1. The molecule has 2 aromatic rings. The van der Waals surface area contributed by atoms with Crippen LogP contribution in [0.1, 0.15) is 11.1 Å². The molecule has 0 unspecified atom stereocenters. The predicted octanol–water partition coefficient (Wildman–Crippen LogP) is 2.96. The Morgan fingerprint density at radius 3 is 2.48 bits per heavy atom. The molecule has 2 rings (SSSR count). The summed E-state index contributed by atoms with van der Waals surface area (Å²) in [5.41, 5.74) is 2.01. The molecule has 1 N–H and O–H groups in total. The second kappa shape index (κ2) is 8.40. The fraction of sp³-hybridized carbons (Fsp3) is 0.158. The normalized spacial score (nSPS) is 10.7. The van der Waals surface area contributed by atoms with Crippen LogP contribution in [0.15, 0.2) is 60.2 Å². The standard InChI is InChI=1S/C19H18N2O2/c1-23-18-9-7-16(8-10-18)13-17(14-20)19(22)21-12-11-15-5-3-2-4-6-15/h2-10,13H,11-12H2,1H3,(H,21,22)/b17-13+.